The highest BCUT2D eigenvalue weighted by Crippen LogP contribution is 2.40. The summed E-state index contributed by atoms with van der Waals surface area (Å²) in [5, 5.41) is 9.43. The van der Waals surface area contributed by atoms with E-state index >= 15 is 0 Å². The van der Waals surface area contributed by atoms with E-state index in [9.17, 15) is 14.7 Å². The Bertz CT molecular complexity index is 395. The lowest BCUT2D eigenvalue weighted by molar-refractivity contribution is -0.158. The average molecular weight is 281 g/mol. The molecule has 0 aromatic heterocycles. The third kappa shape index (κ3) is 2.84. The zero-order chi connectivity index (χ0) is 15.1. The number of amides is 1. The predicted octanol–water partition coefficient (Wildman–Crippen LogP) is 2.91. The Morgan fingerprint density at radius 1 is 1.25 bits per heavy atom. The first-order valence-electron chi connectivity index (χ1n) is 7.77. The zero-order valence-electron chi connectivity index (χ0n) is 13.1. The van der Waals surface area contributed by atoms with Gasteiger partial charge in [0, 0.05) is 18.5 Å². The number of carbonyl (C=O) groups is 2. The second-order valence-electron chi connectivity index (χ2n) is 7.48. The molecule has 1 N–H and O–H groups in total. The highest BCUT2D eigenvalue weighted by atomic mass is 16.4. The number of carboxylic acids is 1. The number of likely N-dealkylation sites (tertiary alicyclic amines) is 1. The number of aliphatic carboxylic acids is 1. The fourth-order valence-electron chi connectivity index (χ4n) is 4.03. The van der Waals surface area contributed by atoms with E-state index in [1.807, 2.05) is 18.7 Å². The second kappa shape index (κ2) is 5.38. The molecule has 2 fully saturated rings. The van der Waals surface area contributed by atoms with Gasteiger partial charge in [-0.1, -0.05) is 20.8 Å². The molecule has 0 aromatic rings. The molecule has 0 spiro atoms. The van der Waals surface area contributed by atoms with Gasteiger partial charge in [0.25, 0.3) is 0 Å². The van der Waals surface area contributed by atoms with Crippen LogP contribution in [0.3, 0.4) is 0 Å². The van der Waals surface area contributed by atoms with E-state index in [4.69, 9.17) is 0 Å². The van der Waals surface area contributed by atoms with Crippen molar-refractivity contribution in [1.82, 2.24) is 4.90 Å². The average Bonchev–Trinajstić information content (AvgIpc) is 2.29. The molecule has 0 bridgehead atoms. The number of carboxylic acid groups (broad SMARTS) is 1. The van der Waals surface area contributed by atoms with E-state index in [-0.39, 0.29) is 23.9 Å². The van der Waals surface area contributed by atoms with Gasteiger partial charge in [-0.05, 0) is 43.9 Å². The topological polar surface area (TPSA) is 57.6 Å². The van der Waals surface area contributed by atoms with Gasteiger partial charge in [-0.15, -0.1) is 0 Å². The number of carbonyl (C=O) groups excluding carboxylic acids is 1. The van der Waals surface area contributed by atoms with Crippen molar-refractivity contribution in [2.75, 3.05) is 0 Å². The molecule has 1 saturated heterocycles. The van der Waals surface area contributed by atoms with Crippen LogP contribution >= 0.6 is 0 Å². The highest BCUT2D eigenvalue weighted by molar-refractivity contribution is 5.82. The Balaban J connectivity index is 2.14. The molecule has 1 aliphatic heterocycles. The van der Waals surface area contributed by atoms with Crippen LogP contribution in [0.25, 0.3) is 0 Å². The quantitative estimate of drug-likeness (QED) is 0.846. The van der Waals surface area contributed by atoms with Crippen molar-refractivity contribution < 1.29 is 14.7 Å². The second-order valence-corrected chi connectivity index (χ2v) is 7.48. The van der Waals surface area contributed by atoms with Gasteiger partial charge in [0.05, 0.1) is 5.92 Å². The lowest BCUT2D eigenvalue weighted by Gasteiger charge is -2.48. The van der Waals surface area contributed by atoms with Gasteiger partial charge in [0.1, 0.15) is 0 Å². The maximum absolute atomic E-state index is 12.4. The van der Waals surface area contributed by atoms with Gasteiger partial charge >= 0.3 is 5.97 Å². The van der Waals surface area contributed by atoms with Crippen molar-refractivity contribution in [3.63, 3.8) is 0 Å². The van der Waals surface area contributed by atoms with Gasteiger partial charge < -0.3 is 10.0 Å². The molecular weight excluding hydrogens is 254 g/mol. The molecule has 1 saturated carbocycles. The predicted molar refractivity (Wildman–Crippen MR) is 77.3 cm³/mol. The summed E-state index contributed by atoms with van der Waals surface area (Å²) in [6, 6.07) is 0.0508. The summed E-state index contributed by atoms with van der Waals surface area (Å²) in [5.74, 6) is -1.11. The number of hydrogen-bond acceptors (Lipinski definition) is 2. The van der Waals surface area contributed by atoms with Crippen LogP contribution in [0.1, 0.15) is 59.8 Å². The normalized spacial score (nSPS) is 35.1. The molecule has 4 heteroatoms. The summed E-state index contributed by atoms with van der Waals surface area (Å²) in [4.78, 5) is 25.7. The van der Waals surface area contributed by atoms with E-state index in [2.05, 4.69) is 13.8 Å². The summed E-state index contributed by atoms with van der Waals surface area (Å²) >= 11 is 0. The molecule has 1 aliphatic carbocycles. The van der Waals surface area contributed by atoms with Crippen LogP contribution in [0.2, 0.25) is 0 Å². The Hall–Kier alpha value is -1.06. The van der Waals surface area contributed by atoms with Gasteiger partial charge in [-0.2, -0.15) is 0 Å². The van der Waals surface area contributed by atoms with Crippen molar-refractivity contribution in [2.45, 2.75) is 71.9 Å². The fourth-order valence-corrected chi connectivity index (χ4v) is 4.03. The zero-order valence-corrected chi connectivity index (χ0v) is 13.1. The Morgan fingerprint density at radius 3 is 2.30 bits per heavy atom. The number of piperidine rings is 1. The first kappa shape index (κ1) is 15.3. The van der Waals surface area contributed by atoms with Crippen molar-refractivity contribution in [3.8, 4) is 0 Å². The van der Waals surface area contributed by atoms with Crippen LogP contribution in [0.4, 0.5) is 0 Å². The lowest BCUT2D eigenvalue weighted by atomic mass is 9.73. The number of rotatable bonds is 2. The third-order valence-electron chi connectivity index (χ3n) is 5.34. The Labute approximate surface area is 121 Å². The molecule has 114 valence electrons. The van der Waals surface area contributed by atoms with E-state index < -0.39 is 11.9 Å². The molecule has 20 heavy (non-hydrogen) atoms. The lowest BCUT2D eigenvalue weighted by Crippen LogP contribution is -2.57. The van der Waals surface area contributed by atoms with Crippen LogP contribution in [-0.4, -0.2) is 34.0 Å². The van der Waals surface area contributed by atoms with Crippen molar-refractivity contribution in [1.29, 1.82) is 0 Å². The van der Waals surface area contributed by atoms with Crippen molar-refractivity contribution in [3.05, 3.63) is 0 Å². The minimum Gasteiger partial charge on any atom is -0.481 e. The van der Waals surface area contributed by atoms with Crippen LogP contribution in [0, 0.1) is 17.3 Å². The van der Waals surface area contributed by atoms with Gasteiger partial charge in [0.2, 0.25) is 5.91 Å². The highest BCUT2D eigenvalue weighted by Gasteiger charge is 2.45. The summed E-state index contributed by atoms with van der Waals surface area (Å²) in [6.45, 7) is 8.33. The van der Waals surface area contributed by atoms with Crippen LogP contribution < -0.4 is 0 Å². The van der Waals surface area contributed by atoms with E-state index in [0.29, 0.717) is 11.8 Å². The van der Waals surface area contributed by atoms with E-state index in [1.54, 1.807) is 0 Å². The summed E-state index contributed by atoms with van der Waals surface area (Å²) in [6.07, 6.45) is 4.61. The number of hydrogen-bond donors (Lipinski definition) is 1. The molecule has 1 heterocycles. The fraction of sp³-hybridized carbons (Fsp3) is 0.875. The maximum Gasteiger partial charge on any atom is 0.308 e. The Morgan fingerprint density at radius 2 is 1.80 bits per heavy atom. The van der Waals surface area contributed by atoms with E-state index in [0.717, 1.165) is 25.7 Å². The molecular formula is C16H27NO3. The van der Waals surface area contributed by atoms with Crippen LogP contribution in [0.5, 0.6) is 0 Å². The summed E-state index contributed by atoms with van der Waals surface area (Å²) in [5.41, 5.74) is 0.359. The van der Waals surface area contributed by atoms with Gasteiger partial charge in [-0.25, -0.2) is 0 Å². The van der Waals surface area contributed by atoms with Gasteiger partial charge in [-0.3, -0.25) is 9.59 Å². The third-order valence-corrected chi connectivity index (χ3v) is 5.34. The molecule has 0 aromatic carbocycles. The standard InChI is InChI=1S/C16H27NO3/c1-10-9-13(18)17(11(2)14(10)15(19)20)12-5-7-16(3,4)8-6-12/h10-12,14H,5-9H2,1-4H3,(H,19,20). The van der Waals surface area contributed by atoms with Crippen LogP contribution in [-0.2, 0) is 9.59 Å². The minimum absolute atomic E-state index is 0.0636. The first-order chi connectivity index (χ1) is 9.23. The smallest absolute Gasteiger partial charge is 0.308 e. The Kier molecular flexibility index (Phi) is 4.12. The molecule has 3 atom stereocenters. The summed E-state index contributed by atoms with van der Waals surface area (Å²) < 4.78 is 0. The molecule has 2 aliphatic rings. The molecule has 3 unspecified atom stereocenters. The van der Waals surface area contributed by atoms with Gasteiger partial charge in [0.15, 0.2) is 0 Å². The number of nitrogens with zero attached hydrogens (tertiary/aromatic N) is 1. The van der Waals surface area contributed by atoms with Crippen molar-refractivity contribution >= 4 is 11.9 Å². The van der Waals surface area contributed by atoms with Crippen LogP contribution in [0.15, 0.2) is 0 Å². The molecule has 0 radical (unpaired) electrons. The first-order valence-corrected chi connectivity index (χ1v) is 7.77. The largest absolute Gasteiger partial charge is 0.481 e. The monoisotopic (exact) mass is 281 g/mol. The molecule has 4 nitrogen and oxygen atoms in total. The summed E-state index contributed by atoms with van der Waals surface area (Å²) in [7, 11) is 0. The van der Waals surface area contributed by atoms with E-state index in [1.165, 1.54) is 0 Å². The molecule has 1 amide bonds. The molecule has 2 rings (SSSR count). The minimum atomic E-state index is -0.765. The maximum atomic E-state index is 12.4. The van der Waals surface area contributed by atoms with Crippen molar-refractivity contribution in [2.24, 2.45) is 17.3 Å². The SMILES string of the molecule is CC1CC(=O)N(C2CCC(C)(C)CC2)C(C)C1C(=O)O.